The summed E-state index contributed by atoms with van der Waals surface area (Å²) in [5, 5.41) is 0.371. The Morgan fingerprint density at radius 3 is 3.07 bits per heavy atom. The van der Waals surface area contributed by atoms with Crippen LogP contribution in [0.15, 0.2) is 40.8 Å². The predicted octanol–water partition coefficient (Wildman–Crippen LogP) is 5.33. The molecule has 2 aromatic rings. The van der Waals surface area contributed by atoms with Crippen molar-refractivity contribution < 1.29 is 9.53 Å². The fourth-order valence-corrected chi connectivity index (χ4v) is 4.26. The number of rotatable bonds is 5. The van der Waals surface area contributed by atoms with Gasteiger partial charge in [0.15, 0.2) is 5.15 Å². The van der Waals surface area contributed by atoms with Gasteiger partial charge < -0.3 is 4.74 Å². The van der Waals surface area contributed by atoms with Crippen molar-refractivity contribution in [2.75, 3.05) is 13.2 Å². The van der Waals surface area contributed by atoms with E-state index in [1.54, 1.807) is 11.1 Å². The molecule has 1 saturated heterocycles. The van der Waals surface area contributed by atoms with Crippen molar-refractivity contribution in [1.29, 1.82) is 0 Å². The minimum absolute atomic E-state index is 0.157. The van der Waals surface area contributed by atoms with Crippen LogP contribution in [0, 0.1) is 0 Å². The van der Waals surface area contributed by atoms with Crippen LogP contribution in [0.1, 0.15) is 45.0 Å². The summed E-state index contributed by atoms with van der Waals surface area (Å²) in [4.78, 5) is 23.2. The lowest BCUT2D eigenvalue weighted by Crippen LogP contribution is -2.32. The molecule has 3 heterocycles. The van der Waals surface area contributed by atoms with Crippen molar-refractivity contribution in [2.24, 2.45) is 0 Å². The molecule has 0 spiro atoms. The Hall–Kier alpha value is -1.86. The van der Waals surface area contributed by atoms with Crippen molar-refractivity contribution in [1.82, 2.24) is 19.3 Å². The van der Waals surface area contributed by atoms with Crippen molar-refractivity contribution in [3.05, 3.63) is 51.8 Å². The van der Waals surface area contributed by atoms with Crippen LogP contribution in [0.5, 0.6) is 0 Å². The van der Waals surface area contributed by atoms with Gasteiger partial charge in [0.05, 0.1) is 6.04 Å². The lowest BCUT2D eigenvalue weighted by Gasteiger charge is -2.23. The average molecular weight is 454 g/mol. The van der Waals surface area contributed by atoms with Gasteiger partial charge in [-0.1, -0.05) is 36.8 Å². The SMILES string of the molecule is C/C=C\C(=C/CC)COC(=O)N1CCCC1c1nc(Br)c2c(Cl)nccn12. The summed E-state index contributed by atoms with van der Waals surface area (Å²) in [6.07, 6.45) is 11.7. The van der Waals surface area contributed by atoms with Gasteiger partial charge in [0.1, 0.15) is 22.6 Å². The highest BCUT2D eigenvalue weighted by Crippen LogP contribution is 2.35. The molecule has 8 heteroatoms. The second-order valence-corrected chi connectivity index (χ2v) is 7.40. The number of allylic oxidation sites excluding steroid dienone is 2. The molecule has 1 amide bonds. The summed E-state index contributed by atoms with van der Waals surface area (Å²) in [5.74, 6) is 0.758. The van der Waals surface area contributed by atoms with E-state index in [1.165, 1.54) is 0 Å². The Kier molecular flexibility index (Phi) is 6.55. The highest BCUT2D eigenvalue weighted by molar-refractivity contribution is 9.10. The maximum absolute atomic E-state index is 12.7. The van der Waals surface area contributed by atoms with E-state index in [0.717, 1.165) is 30.7 Å². The monoisotopic (exact) mass is 452 g/mol. The number of imidazole rings is 1. The van der Waals surface area contributed by atoms with Gasteiger partial charge in [0, 0.05) is 18.9 Å². The zero-order valence-corrected chi connectivity index (χ0v) is 17.7. The van der Waals surface area contributed by atoms with E-state index < -0.39 is 0 Å². The molecule has 1 fully saturated rings. The Labute approximate surface area is 172 Å². The number of nitrogens with zero attached hydrogens (tertiary/aromatic N) is 4. The first-order chi connectivity index (χ1) is 13.1. The van der Waals surface area contributed by atoms with Gasteiger partial charge in [-0.3, -0.25) is 9.30 Å². The van der Waals surface area contributed by atoms with Crippen molar-refractivity contribution >= 4 is 39.1 Å². The summed E-state index contributed by atoms with van der Waals surface area (Å²) in [5.41, 5.74) is 1.70. The van der Waals surface area contributed by atoms with Gasteiger partial charge in [-0.05, 0) is 47.7 Å². The Morgan fingerprint density at radius 2 is 2.33 bits per heavy atom. The Bertz CT molecular complexity index is 893. The quantitative estimate of drug-likeness (QED) is 0.574. The molecule has 0 aromatic carbocycles. The zero-order chi connectivity index (χ0) is 19.4. The van der Waals surface area contributed by atoms with E-state index in [9.17, 15) is 4.79 Å². The second kappa shape index (κ2) is 8.89. The van der Waals surface area contributed by atoms with E-state index in [4.69, 9.17) is 16.3 Å². The fourth-order valence-electron chi connectivity index (χ4n) is 3.35. The third-order valence-electron chi connectivity index (χ3n) is 4.49. The van der Waals surface area contributed by atoms with Crippen LogP contribution >= 0.6 is 27.5 Å². The summed E-state index contributed by atoms with van der Waals surface area (Å²) in [6, 6.07) is -0.157. The number of fused-ring (bicyclic) bond motifs is 1. The molecule has 0 radical (unpaired) electrons. The molecule has 1 unspecified atom stereocenters. The van der Waals surface area contributed by atoms with Gasteiger partial charge in [0.2, 0.25) is 0 Å². The van der Waals surface area contributed by atoms with Crippen LogP contribution in [0.4, 0.5) is 4.79 Å². The first-order valence-corrected chi connectivity index (χ1v) is 10.2. The topological polar surface area (TPSA) is 59.7 Å². The van der Waals surface area contributed by atoms with Crippen LogP contribution in [0.2, 0.25) is 5.15 Å². The number of hydrogen-bond acceptors (Lipinski definition) is 4. The molecule has 0 saturated carbocycles. The third-order valence-corrected chi connectivity index (χ3v) is 5.32. The van der Waals surface area contributed by atoms with E-state index in [1.807, 2.05) is 29.7 Å². The second-order valence-electron chi connectivity index (χ2n) is 6.29. The number of likely N-dealkylation sites (tertiary alicyclic amines) is 1. The molecule has 1 aliphatic rings. The number of carbonyl (C=O) groups excluding carboxylic acids is 1. The van der Waals surface area contributed by atoms with Crippen molar-refractivity contribution in [2.45, 2.75) is 39.2 Å². The van der Waals surface area contributed by atoms with E-state index in [0.29, 0.717) is 21.8 Å². The molecule has 144 valence electrons. The van der Waals surface area contributed by atoms with E-state index >= 15 is 0 Å². The molecule has 1 aliphatic heterocycles. The summed E-state index contributed by atoms with van der Waals surface area (Å²) < 4.78 is 8.08. The van der Waals surface area contributed by atoms with Crippen LogP contribution in [0.25, 0.3) is 5.52 Å². The Balaban J connectivity index is 1.81. The lowest BCUT2D eigenvalue weighted by molar-refractivity contribution is 0.105. The van der Waals surface area contributed by atoms with E-state index in [-0.39, 0.29) is 18.7 Å². The van der Waals surface area contributed by atoms with Crippen molar-refractivity contribution in [3.8, 4) is 0 Å². The van der Waals surface area contributed by atoms with Gasteiger partial charge in [-0.15, -0.1) is 0 Å². The van der Waals surface area contributed by atoms with Crippen molar-refractivity contribution in [3.63, 3.8) is 0 Å². The molecular formula is C19H22BrClN4O2. The normalized spacial score (nSPS) is 18.0. The predicted molar refractivity (Wildman–Crippen MR) is 109 cm³/mol. The van der Waals surface area contributed by atoms with Crippen LogP contribution < -0.4 is 0 Å². The number of hydrogen-bond donors (Lipinski definition) is 0. The van der Waals surface area contributed by atoms with Crippen LogP contribution in [-0.4, -0.2) is 38.5 Å². The van der Waals surface area contributed by atoms with Crippen LogP contribution in [-0.2, 0) is 4.74 Å². The maximum atomic E-state index is 12.7. The molecular weight excluding hydrogens is 432 g/mol. The lowest BCUT2D eigenvalue weighted by atomic mass is 10.2. The minimum Gasteiger partial charge on any atom is -0.445 e. The minimum atomic E-state index is -0.322. The molecule has 0 aliphatic carbocycles. The van der Waals surface area contributed by atoms with Gasteiger partial charge in [-0.2, -0.15) is 0 Å². The number of carbonyl (C=O) groups is 1. The third kappa shape index (κ3) is 4.19. The first-order valence-electron chi connectivity index (χ1n) is 8.99. The smallest absolute Gasteiger partial charge is 0.410 e. The van der Waals surface area contributed by atoms with Gasteiger partial charge >= 0.3 is 6.09 Å². The molecule has 3 rings (SSSR count). The average Bonchev–Trinajstić information content (AvgIpc) is 3.25. The number of ether oxygens (including phenoxy) is 1. The number of aromatic nitrogens is 3. The molecule has 0 bridgehead atoms. The standard InChI is InChI=1S/C19H22BrClN4O2/c1-3-6-13(7-4-2)12-27-19(26)24-10-5-8-14(24)18-23-16(20)15-17(21)22-9-11-25(15)18/h3,6-7,9,11,14H,4-5,8,10,12H2,1-2H3/b6-3-,13-7+. The molecule has 6 nitrogen and oxygen atoms in total. The van der Waals surface area contributed by atoms with E-state index in [2.05, 4.69) is 38.9 Å². The molecule has 27 heavy (non-hydrogen) atoms. The van der Waals surface area contributed by atoms with Gasteiger partial charge in [0.25, 0.3) is 0 Å². The number of amides is 1. The number of halogens is 2. The molecule has 0 N–H and O–H groups in total. The summed E-state index contributed by atoms with van der Waals surface area (Å²) in [6.45, 7) is 4.92. The highest BCUT2D eigenvalue weighted by atomic mass is 79.9. The van der Waals surface area contributed by atoms with Gasteiger partial charge in [-0.25, -0.2) is 14.8 Å². The largest absolute Gasteiger partial charge is 0.445 e. The van der Waals surface area contributed by atoms with Crippen LogP contribution in [0.3, 0.4) is 0 Å². The molecule has 2 aromatic heterocycles. The molecule has 1 atom stereocenters. The first kappa shape index (κ1) is 19.9. The Morgan fingerprint density at radius 1 is 1.52 bits per heavy atom. The summed E-state index contributed by atoms with van der Waals surface area (Å²) >= 11 is 9.66. The maximum Gasteiger partial charge on any atom is 0.410 e. The summed E-state index contributed by atoms with van der Waals surface area (Å²) in [7, 11) is 0. The highest BCUT2D eigenvalue weighted by Gasteiger charge is 2.34. The zero-order valence-electron chi connectivity index (χ0n) is 15.4. The fraction of sp³-hybridized carbons (Fsp3) is 0.421.